The van der Waals surface area contributed by atoms with Crippen LogP contribution in [0.2, 0.25) is 0 Å². The Morgan fingerprint density at radius 3 is 2.72 bits per heavy atom. The quantitative estimate of drug-likeness (QED) is 0.895. The van der Waals surface area contributed by atoms with Crippen molar-refractivity contribution in [2.75, 3.05) is 7.11 Å². The summed E-state index contributed by atoms with van der Waals surface area (Å²) in [6.45, 7) is 1.95. The van der Waals surface area contributed by atoms with Gasteiger partial charge in [0.1, 0.15) is 12.1 Å². The molecule has 1 heterocycles. The zero-order valence-corrected chi connectivity index (χ0v) is 10.0. The molecule has 0 aliphatic heterocycles. The second-order valence-corrected chi connectivity index (χ2v) is 3.80. The van der Waals surface area contributed by atoms with Crippen molar-refractivity contribution < 1.29 is 14.6 Å². The summed E-state index contributed by atoms with van der Waals surface area (Å²) < 4.78 is 5.25. The highest BCUT2D eigenvalue weighted by molar-refractivity contribution is 5.86. The molecule has 0 radical (unpaired) electrons. The van der Waals surface area contributed by atoms with E-state index < -0.39 is 5.97 Å². The lowest BCUT2D eigenvalue weighted by Crippen LogP contribution is -2.01. The van der Waals surface area contributed by atoms with Crippen molar-refractivity contribution in [3.63, 3.8) is 0 Å². The third-order valence-corrected chi connectivity index (χ3v) is 2.52. The van der Waals surface area contributed by atoms with E-state index in [2.05, 4.69) is 9.97 Å². The number of aryl methyl sites for hydroxylation is 1. The van der Waals surface area contributed by atoms with Gasteiger partial charge in [-0.05, 0) is 25.1 Å². The number of carboxylic acid groups (broad SMARTS) is 1. The lowest BCUT2D eigenvalue weighted by atomic mass is 10.1. The van der Waals surface area contributed by atoms with Crippen LogP contribution in [0, 0.1) is 6.92 Å². The standard InChI is InChI=1S/C13H12N2O3/c1-8-3-4-12(18-2)9(5-8)10-6-11(13(16)17)15-7-14-10/h3-7H,1-2H3,(H,16,17). The van der Waals surface area contributed by atoms with E-state index in [-0.39, 0.29) is 5.69 Å². The van der Waals surface area contributed by atoms with Crippen LogP contribution in [-0.2, 0) is 0 Å². The van der Waals surface area contributed by atoms with Crippen LogP contribution in [-0.4, -0.2) is 28.2 Å². The molecule has 0 aliphatic carbocycles. The summed E-state index contributed by atoms with van der Waals surface area (Å²) in [7, 11) is 1.56. The summed E-state index contributed by atoms with van der Waals surface area (Å²) >= 11 is 0. The van der Waals surface area contributed by atoms with Gasteiger partial charge in [-0.2, -0.15) is 0 Å². The van der Waals surface area contributed by atoms with Crippen molar-refractivity contribution in [2.45, 2.75) is 6.92 Å². The van der Waals surface area contributed by atoms with Crippen LogP contribution >= 0.6 is 0 Å². The fraction of sp³-hybridized carbons (Fsp3) is 0.154. The van der Waals surface area contributed by atoms with Gasteiger partial charge in [0.25, 0.3) is 0 Å². The van der Waals surface area contributed by atoms with Crippen LogP contribution in [0.15, 0.2) is 30.6 Å². The van der Waals surface area contributed by atoms with E-state index in [1.54, 1.807) is 7.11 Å². The molecule has 5 nitrogen and oxygen atoms in total. The molecule has 92 valence electrons. The van der Waals surface area contributed by atoms with E-state index >= 15 is 0 Å². The lowest BCUT2D eigenvalue weighted by Gasteiger charge is -2.09. The SMILES string of the molecule is COc1ccc(C)cc1-c1cc(C(=O)O)ncn1. The fourth-order valence-corrected chi connectivity index (χ4v) is 1.64. The Labute approximate surface area is 104 Å². The maximum absolute atomic E-state index is 10.9. The van der Waals surface area contributed by atoms with E-state index in [0.29, 0.717) is 11.4 Å². The molecule has 5 heteroatoms. The van der Waals surface area contributed by atoms with Gasteiger partial charge in [0.05, 0.1) is 12.8 Å². The fourth-order valence-electron chi connectivity index (χ4n) is 1.64. The van der Waals surface area contributed by atoms with Crippen molar-refractivity contribution >= 4 is 5.97 Å². The Kier molecular flexibility index (Phi) is 3.23. The largest absolute Gasteiger partial charge is 0.496 e. The normalized spacial score (nSPS) is 10.1. The van der Waals surface area contributed by atoms with Crippen molar-refractivity contribution in [1.29, 1.82) is 0 Å². The van der Waals surface area contributed by atoms with Crippen molar-refractivity contribution in [1.82, 2.24) is 9.97 Å². The number of methoxy groups -OCH3 is 1. The number of benzene rings is 1. The van der Waals surface area contributed by atoms with Gasteiger partial charge in [-0.15, -0.1) is 0 Å². The number of nitrogens with zero attached hydrogens (tertiary/aromatic N) is 2. The Hall–Kier alpha value is -2.43. The summed E-state index contributed by atoms with van der Waals surface area (Å²) in [6, 6.07) is 7.07. The molecule has 0 bridgehead atoms. The summed E-state index contributed by atoms with van der Waals surface area (Å²) in [5.41, 5.74) is 2.29. The Morgan fingerprint density at radius 1 is 1.28 bits per heavy atom. The minimum atomic E-state index is -1.08. The van der Waals surface area contributed by atoms with Crippen LogP contribution in [0.1, 0.15) is 16.1 Å². The highest BCUT2D eigenvalue weighted by atomic mass is 16.5. The van der Waals surface area contributed by atoms with Gasteiger partial charge in [-0.25, -0.2) is 14.8 Å². The highest BCUT2D eigenvalue weighted by Gasteiger charge is 2.11. The first-order valence-electron chi connectivity index (χ1n) is 5.32. The number of rotatable bonds is 3. The summed E-state index contributed by atoms with van der Waals surface area (Å²) in [5.74, 6) is -0.430. The third-order valence-electron chi connectivity index (χ3n) is 2.52. The number of carbonyl (C=O) groups is 1. The van der Waals surface area contributed by atoms with Gasteiger partial charge in [-0.3, -0.25) is 0 Å². The number of ether oxygens (including phenoxy) is 1. The Balaban J connectivity index is 2.57. The van der Waals surface area contributed by atoms with E-state index in [9.17, 15) is 4.79 Å². The molecular weight excluding hydrogens is 232 g/mol. The first kappa shape index (κ1) is 12.0. The summed E-state index contributed by atoms with van der Waals surface area (Å²) in [6.07, 6.45) is 1.24. The molecule has 1 aromatic carbocycles. The van der Waals surface area contributed by atoms with E-state index in [0.717, 1.165) is 11.1 Å². The molecule has 0 aliphatic rings. The molecule has 0 spiro atoms. The molecule has 0 atom stereocenters. The summed E-state index contributed by atoms with van der Waals surface area (Å²) in [4.78, 5) is 18.7. The van der Waals surface area contributed by atoms with E-state index in [1.807, 2.05) is 25.1 Å². The minimum Gasteiger partial charge on any atom is -0.496 e. The van der Waals surface area contributed by atoms with E-state index in [4.69, 9.17) is 9.84 Å². The van der Waals surface area contributed by atoms with Crippen LogP contribution in [0.3, 0.4) is 0 Å². The zero-order chi connectivity index (χ0) is 13.1. The van der Waals surface area contributed by atoms with Gasteiger partial charge >= 0.3 is 5.97 Å². The first-order valence-corrected chi connectivity index (χ1v) is 5.32. The van der Waals surface area contributed by atoms with Gasteiger partial charge in [0.2, 0.25) is 0 Å². The molecule has 1 aromatic heterocycles. The number of carboxylic acids is 1. The van der Waals surface area contributed by atoms with Crippen molar-refractivity contribution in [3.8, 4) is 17.0 Å². The Morgan fingerprint density at radius 2 is 2.06 bits per heavy atom. The van der Waals surface area contributed by atoms with Gasteiger partial charge in [0, 0.05) is 5.56 Å². The molecular formula is C13H12N2O3. The van der Waals surface area contributed by atoms with Crippen LogP contribution in [0.25, 0.3) is 11.3 Å². The zero-order valence-electron chi connectivity index (χ0n) is 10.0. The smallest absolute Gasteiger partial charge is 0.354 e. The number of aromatic nitrogens is 2. The predicted molar refractivity (Wildman–Crippen MR) is 65.7 cm³/mol. The molecule has 0 saturated heterocycles. The first-order chi connectivity index (χ1) is 8.61. The topological polar surface area (TPSA) is 72.3 Å². The monoisotopic (exact) mass is 244 g/mol. The minimum absolute atomic E-state index is 0.0384. The highest BCUT2D eigenvalue weighted by Crippen LogP contribution is 2.29. The second kappa shape index (κ2) is 4.83. The van der Waals surface area contributed by atoms with Crippen LogP contribution in [0.5, 0.6) is 5.75 Å². The molecule has 0 saturated carbocycles. The van der Waals surface area contributed by atoms with Gasteiger partial charge in [-0.1, -0.05) is 11.6 Å². The number of aromatic carboxylic acids is 1. The third kappa shape index (κ3) is 2.29. The molecule has 0 unspecified atom stereocenters. The molecule has 2 rings (SSSR count). The Bertz CT molecular complexity index is 597. The molecule has 1 N–H and O–H groups in total. The predicted octanol–water partition coefficient (Wildman–Crippen LogP) is 2.16. The lowest BCUT2D eigenvalue weighted by molar-refractivity contribution is 0.0690. The second-order valence-electron chi connectivity index (χ2n) is 3.80. The van der Waals surface area contributed by atoms with Crippen molar-refractivity contribution in [2.24, 2.45) is 0 Å². The van der Waals surface area contributed by atoms with Crippen molar-refractivity contribution in [3.05, 3.63) is 41.9 Å². The number of hydrogen-bond donors (Lipinski definition) is 1. The maximum Gasteiger partial charge on any atom is 0.354 e. The number of hydrogen-bond acceptors (Lipinski definition) is 4. The molecule has 2 aromatic rings. The summed E-state index contributed by atoms with van der Waals surface area (Å²) in [5, 5.41) is 8.92. The van der Waals surface area contributed by atoms with E-state index in [1.165, 1.54) is 12.4 Å². The van der Waals surface area contributed by atoms with Crippen LogP contribution in [0.4, 0.5) is 0 Å². The molecule has 0 fully saturated rings. The van der Waals surface area contributed by atoms with Gasteiger partial charge < -0.3 is 9.84 Å². The van der Waals surface area contributed by atoms with Gasteiger partial charge in [0.15, 0.2) is 5.69 Å². The molecule has 18 heavy (non-hydrogen) atoms. The van der Waals surface area contributed by atoms with Crippen LogP contribution < -0.4 is 4.74 Å². The maximum atomic E-state index is 10.9. The molecule has 0 amide bonds. The average molecular weight is 244 g/mol. The average Bonchev–Trinajstić information content (AvgIpc) is 2.39.